The summed E-state index contributed by atoms with van der Waals surface area (Å²) in [5.74, 6) is -2.28. The molecule has 1 heterocycles. The molecule has 1 fully saturated rings. The highest BCUT2D eigenvalue weighted by Crippen LogP contribution is 2.31. The van der Waals surface area contributed by atoms with Crippen molar-refractivity contribution in [2.45, 2.75) is 116 Å². The van der Waals surface area contributed by atoms with Gasteiger partial charge in [0.25, 0.3) is 5.91 Å². The first-order valence-corrected chi connectivity index (χ1v) is 16.8. The number of hydrogen-bond donors (Lipinski definition) is 3. The number of carboxylic acid groups (broad SMARTS) is 1. The molecule has 1 aromatic carbocycles. The summed E-state index contributed by atoms with van der Waals surface area (Å²) in [4.78, 5) is 39.7. The minimum absolute atomic E-state index is 0.265. The van der Waals surface area contributed by atoms with Crippen molar-refractivity contribution >= 4 is 23.5 Å². The highest BCUT2D eigenvalue weighted by Gasteiger charge is 2.43. The summed E-state index contributed by atoms with van der Waals surface area (Å²) in [5, 5.41) is 22.1. The summed E-state index contributed by atoms with van der Waals surface area (Å²) >= 11 is 0. The normalized spacial score (nSPS) is 17.6. The smallest absolute Gasteiger partial charge is 0.339 e. The quantitative estimate of drug-likeness (QED) is 0.0927. The van der Waals surface area contributed by atoms with Gasteiger partial charge in [0.05, 0.1) is 0 Å². The molecule has 1 aromatic rings. The van der Waals surface area contributed by atoms with E-state index >= 15 is 0 Å². The lowest BCUT2D eigenvalue weighted by atomic mass is 9.95. The van der Waals surface area contributed by atoms with E-state index < -0.39 is 17.6 Å². The molecular weight excluding hydrogens is 580 g/mol. The number of unbranched alkanes of at least 4 members (excludes halogenated alkanes) is 2. The Bertz CT molecular complexity index is 1260. The third kappa shape index (κ3) is 12.1. The van der Waals surface area contributed by atoms with Gasteiger partial charge in [0, 0.05) is 18.3 Å². The molecule has 0 radical (unpaired) electrons. The number of amides is 2. The lowest BCUT2D eigenvalue weighted by molar-refractivity contribution is -0.150. The number of nitrogens with one attached hydrogen (secondary N) is 1. The van der Waals surface area contributed by atoms with Crippen molar-refractivity contribution in [3.63, 3.8) is 0 Å². The van der Waals surface area contributed by atoms with Crippen LogP contribution in [0.3, 0.4) is 0 Å². The number of phenols is 1. The van der Waals surface area contributed by atoms with Gasteiger partial charge in [-0.1, -0.05) is 81.5 Å². The summed E-state index contributed by atoms with van der Waals surface area (Å²) in [7, 11) is 0. The van der Waals surface area contributed by atoms with Crippen molar-refractivity contribution in [3.05, 3.63) is 84.5 Å². The van der Waals surface area contributed by atoms with Crippen LogP contribution < -0.4 is 10.2 Å². The van der Waals surface area contributed by atoms with Gasteiger partial charge in [-0.25, -0.2) is 4.79 Å². The fourth-order valence-corrected chi connectivity index (χ4v) is 5.41. The number of benzene rings is 1. The Hall–Kier alpha value is -3.91. The SMILES string of the molecule is CC/C=C\C/C=C\C/C=C\C/C=C\C/C=C\CCCCOC(CC)(CC)C(=O)NC1CC(C)N(c2ccc(O)c(C(=O)O)c2)C1=O. The van der Waals surface area contributed by atoms with Crippen LogP contribution in [-0.2, 0) is 14.3 Å². The van der Waals surface area contributed by atoms with E-state index in [-0.39, 0.29) is 29.2 Å². The molecule has 0 saturated carbocycles. The van der Waals surface area contributed by atoms with E-state index in [0.29, 0.717) is 31.6 Å². The largest absolute Gasteiger partial charge is 0.507 e. The first-order valence-electron chi connectivity index (χ1n) is 16.8. The van der Waals surface area contributed by atoms with Crippen LogP contribution in [0.15, 0.2) is 79.0 Å². The van der Waals surface area contributed by atoms with Crippen LogP contribution in [0.1, 0.15) is 109 Å². The number of hydrogen-bond acceptors (Lipinski definition) is 5. The second kappa shape index (κ2) is 21.0. The van der Waals surface area contributed by atoms with Gasteiger partial charge in [0.1, 0.15) is 23.0 Å². The van der Waals surface area contributed by atoms with E-state index in [0.717, 1.165) is 51.4 Å². The summed E-state index contributed by atoms with van der Waals surface area (Å²) in [5.41, 5.74) is -0.940. The van der Waals surface area contributed by atoms with Gasteiger partial charge in [0.15, 0.2) is 0 Å². The minimum atomic E-state index is -1.28. The molecule has 1 aliphatic rings. The summed E-state index contributed by atoms with van der Waals surface area (Å²) in [6.07, 6.45) is 30.8. The topological polar surface area (TPSA) is 116 Å². The van der Waals surface area contributed by atoms with Gasteiger partial charge in [0.2, 0.25) is 5.91 Å². The van der Waals surface area contributed by atoms with Crippen molar-refractivity contribution < 1.29 is 29.3 Å². The fourth-order valence-electron chi connectivity index (χ4n) is 5.41. The van der Waals surface area contributed by atoms with Crippen LogP contribution >= 0.6 is 0 Å². The number of ether oxygens (including phenoxy) is 1. The van der Waals surface area contributed by atoms with Gasteiger partial charge in [-0.2, -0.15) is 0 Å². The number of carboxylic acids is 1. The molecular formula is C38H54N2O6. The molecule has 1 saturated heterocycles. The molecule has 1 aliphatic heterocycles. The van der Waals surface area contributed by atoms with Gasteiger partial charge in [-0.15, -0.1) is 0 Å². The van der Waals surface area contributed by atoms with E-state index in [9.17, 15) is 24.6 Å². The number of anilines is 1. The highest BCUT2D eigenvalue weighted by molar-refractivity contribution is 6.03. The van der Waals surface area contributed by atoms with Crippen LogP contribution in [-0.4, -0.2) is 52.3 Å². The Kier molecular flexibility index (Phi) is 17.5. The molecule has 46 heavy (non-hydrogen) atoms. The van der Waals surface area contributed by atoms with Crippen LogP contribution in [0, 0.1) is 0 Å². The third-order valence-electron chi connectivity index (χ3n) is 8.20. The van der Waals surface area contributed by atoms with Crippen molar-refractivity contribution in [1.29, 1.82) is 0 Å². The molecule has 2 unspecified atom stereocenters. The number of aromatic hydroxyl groups is 1. The Morgan fingerprint density at radius 2 is 1.48 bits per heavy atom. The number of allylic oxidation sites excluding steroid dienone is 10. The minimum Gasteiger partial charge on any atom is -0.507 e. The number of rotatable bonds is 21. The average molecular weight is 635 g/mol. The van der Waals surface area contributed by atoms with Crippen molar-refractivity contribution in [2.75, 3.05) is 11.5 Å². The average Bonchev–Trinajstić information content (AvgIpc) is 3.32. The first kappa shape index (κ1) is 38.3. The highest BCUT2D eigenvalue weighted by atomic mass is 16.5. The van der Waals surface area contributed by atoms with Gasteiger partial charge in [-0.05, 0) is 95.8 Å². The molecule has 2 atom stereocenters. The molecule has 2 amide bonds. The van der Waals surface area contributed by atoms with Crippen molar-refractivity contribution in [3.8, 4) is 5.75 Å². The Morgan fingerprint density at radius 1 is 0.913 bits per heavy atom. The van der Waals surface area contributed by atoms with E-state index in [1.165, 1.54) is 23.1 Å². The lowest BCUT2D eigenvalue weighted by Crippen LogP contribution is -2.53. The van der Waals surface area contributed by atoms with E-state index in [1.807, 2.05) is 20.8 Å². The predicted octanol–water partition coefficient (Wildman–Crippen LogP) is 8.20. The predicted molar refractivity (Wildman–Crippen MR) is 186 cm³/mol. The fraction of sp³-hybridized carbons (Fsp3) is 0.500. The van der Waals surface area contributed by atoms with E-state index in [2.05, 4.69) is 73.0 Å². The molecule has 252 valence electrons. The first-order chi connectivity index (χ1) is 22.2. The molecule has 3 N–H and O–H groups in total. The number of carbonyl (C=O) groups excluding carboxylic acids is 2. The Balaban J connectivity index is 1.73. The molecule has 0 aromatic heterocycles. The summed E-state index contributed by atoms with van der Waals surface area (Å²) in [6, 6.07) is 3.03. The Labute approximate surface area is 275 Å². The van der Waals surface area contributed by atoms with Gasteiger partial charge >= 0.3 is 5.97 Å². The molecule has 0 bridgehead atoms. The van der Waals surface area contributed by atoms with Crippen molar-refractivity contribution in [1.82, 2.24) is 5.32 Å². The maximum absolute atomic E-state index is 13.4. The molecule has 2 rings (SSSR count). The maximum atomic E-state index is 13.4. The second-order valence-electron chi connectivity index (χ2n) is 11.6. The standard InChI is InChI=1S/C38H54N2O6/c1-5-8-9-10-11-12-13-14-15-16-17-18-19-20-21-22-23-24-27-46-38(6-2,7-3)37(45)39-33-28-30(4)40(35(33)42)31-25-26-34(41)32(29-31)36(43)44/h8-9,11-12,14-15,17-18,20-21,25-26,29-30,33,41H,5-7,10,13,16,19,22-24,27-28H2,1-4H3,(H,39,45)(H,43,44)/b9-8-,12-11-,15-14-,18-17-,21-20-. The van der Waals surface area contributed by atoms with Gasteiger partial charge < -0.3 is 25.2 Å². The van der Waals surface area contributed by atoms with E-state index in [1.54, 1.807) is 0 Å². The summed E-state index contributed by atoms with van der Waals surface area (Å²) < 4.78 is 6.18. The number of nitrogens with zero attached hydrogens (tertiary/aromatic N) is 1. The molecule has 8 heteroatoms. The van der Waals surface area contributed by atoms with E-state index in [4.69, 9.17) is 4.74 Å². The van der Waals surface area contributed by atoms with Gasteiger partial charge in [-0.3, -0.25) is 9.59 Å². The molecule has 0 spiro atoms. The van der Waals surface area contributed by atoms with Crippen LogP contribution in [0.2, 0.25) is 0 Å². The maximum Gasteiger partial charge on any atom is 0.339 e. The van der Waals surface area contributed by atoms with Crippen LogP contribution in [0.25, 0.3) is 0 Å². The Morgan fingerprint density at radius 3 is 2.02 bits per heavy atom. The lowest BCUT2D eigenvalue weighted by Gasteiger charge is -2.31. The van der Waals surface area contributed by atoms with Crippen LogP contribution in [0.4, 0.5) is 5.69 Å². The van der Waals surface area contributed by atoms with Crippen LogP contribution in [0.5, 0.6) is 5.75 Å². The molecule has 0 aliphatic carbocycles. The van der Waals surface area contributed by atoms with Crippen molar-refractivity contribution in [2.24, 2.45) is 0 Å². The second-order valence-corrected chi connectivity index (χ2v) is 11.6. The zero-order chi connectivity index (χ0) is 33.8. The monoisotopic (exact) mass is 634 g/mol. The number of aromatic carboxylic acids is 1. The number of carbonyl (C=O) groups is 3. The zero-order valence-corrected chi connectivity index (χ0v) is 28.1. The summed E-state index contributed by atoms with van der Waals surface area (Å²) in [6.45, 7) is 8.26. The zero-order valence-electron chi connectivity index (χ0n) is 28.1. The third-order valence-corrected chi connectivity index (χ3v) is 8.20. The molecule has 8 nitrogen and oxygen atoms in total.